The summed E-state index contributed by atoms with van der Waals surface area (Å²) >= 11 is 0. The van der Waals surface area contributed by atoms with Crippen molar-refractivity contribution in [3.05, 3.63) is 66.2 Å². The zero-order valence-corrected chi connectivity index (χ0v) is 12.6. The molecule has 2 saturated carbocycles. The van der Waals surface area contributed by atoms with Gasteiger partial charge in [0.25, 0.3) is 0 Å². The number of rotatable bonds is 2. The maximum Gasteiger partial charge on any atom is 0.0939 e. The highest BCUT2D eigenvalue weighted by Crippen LogP contribution is 2.59. The van der Waals surface area contributed by atoms with Crippen LogP contribution in [0.2, 0.25) is 0 Å². The van der Waals surface area contributed by atoms with Crippen molar-refractivity contribution in [1.29, 1.82) is 0 Å². The molecule has 2 nitrogen and oxygen atoms in total. The predicted molar refractivity (Wildman–Crippen MR) is 87.3 cm³/mol. The second kappa shape index (κ2) is 4.85. The summed E-state index contributed by atoms with van der Waals surface area (Å²) < 4.78 is 0. The maximum absolute atomic E-state index is 6.51. The van der Waals surface area contributed by atoms with Gasteiger partial charge in [-0.25, -0.2) is 5.06 Å². The summed E-state index contributed by atoms with van der Waals surface area (Å²) in [6.07, 6.45) is 4.54. The highest BCUT2D eigenvalue weighted by molar-refractivity contribution is 5.48. The summed E-state index contributed by atoms with van der Waals surface area (Å²) in [5.41, 5.74) is 2.58. The van der Waals surface area contributed by atoms with Crippen molar-refractivity contribution >= 4 is 5.69 Å². The minimum absolute atomic E-state index is 0.365. The first-order valence-corrected chi connectivity index (χ1v) is 8.48. The van der Waals surface area contributed by atoms with Gasteiger partial charge < -0.3 is 0 Å². The molecule has 0 N–H and O–H groups in total. The lowest BCUT2D eigenvalue weighted by Gasteiger charge is -2.29. The summed E-state index contributed by atoms with van der Waals surface area (Å²) in [5, 5.41) is 2.20. The molecule has 1 heterocycles. The smallest absolute Gasteiger partial charge is 0.0939 e. The van der Waals surface area contributed by atoms with Gasteiger partial charge >= 0.3 is 0 Å². The van der Waals surface area contributed by atoms with Crippen LogP contribution in [0.5, 0.6) is 0 Å². The van der Waals surface area contributed by atoms with E-state index in [2.05, 4.69) is 65.7 Å². The SMILES string of the molecule is c1ccc([C@@H]2[C@@H]3[C@H]4CC[C@H](C4)[C@@H]3ON2c2ccccc2)cc1. The molecule has 3 fully saturated rings. The van der Waals surface area contributed by atoms with E-state index in [1.54, 1.807) is 0 Å². The third-order valence-electron chi connectivity index (χ3n) is 5.91. The van der Waals surface area contributed by atoms with Crippen LogP contribution < -0.4 is 5.06 Å². The molecule has 2 aromatic rings. The number of hydrogen-bond acceptors (Lipinski definition) is 2. The van der Waals surface area contributed by atoms with E-state index >= 15 is 0 Å². The zero-order valence-electron chi connectivity index (χ0n) is 12.6. The Balaban J connectivity index is 1.59. The van der Waals surface area contributed by atoms with Crippen molar-refractivity contribution in [3.8, 4) is 0 Å². The minimum atomic E-state index is 0.365. The van der Waals surface area contributed by atoms with E-state index in [1.807, 2.05) is 0 Å². The van der Waals surface area contributed by atoms with Crippen LogP contribution in [-0.2, 0) is 4.84 Å². The Labute approximate surface area is 131 Å². The molecule has 1 aliphatic heterocycles. The molecule has 2 aliphatic carbocycles. The fraction of sp³-hybridized carbons (Fsp3) is 0.400. The number of fused-ring (bicyclic) bond motifs is 5. The van der Waals surface area contributed by atoms with Gasteiger partial charge in [0.05, 0.1) is 17.8 Å². The molecule has 0 unspecified atom stereocenters. The maximum atomic E-state index is 6.51. The van der Waals surface area contributed by atoms with Crippen LogP contribution in [-0.4, -0.2) is 6.10 Å². The van der Waals surface area contributed by atoms with Gasteiger partial charge in [-0.2, -0.15) is 0 Å². The van der Waals surface area contributed by atoms with Gasteiger partial charge in [0.1, 0.15) is 0 Å². The lowest BCUT2D eigenvalue weighted by Crippen LogP contribution is -2.27. The standard InChI is InChI=1S/C20H21NO/c1-3-7-14(8-4-1)19-18-15-11-12-16(13-15)20(18)22-21(19)17-9-5-2-6-10-17/h1-10,15-16,18-20H,11-13H2/t15-,16+,18-,19+,20-/m0/s1. The van der Waals surface area contributed by atoms with E-state index in [0.29, 0.717) is 18.1 Å². The van der Waals surface area contributed by atoms with Crippen LogP contribution in [0.15, 0.2) is 60.7 Å². The lowest BCUT2D eigenvalue weighted by molar-refractivity contribution is 0.0357. The van der Waals surface area contributed by atoms with Gasteiger partial charge in [0, 0.05) is 5.92 Å². The number of hydrogen-bond donors (Lipinski definition) is 0. The molecule has 2 heteroatoms. The van der Waals surface area contributed by atoms with E-state index < -0.39 is 0 Å². The second-order valence-corrected chi connectivity index (χ2v) is 7.00. The van der Waals surface area contributed by atoms with Crippen molar-refractivity contribution in [2.24, 2.45) is 17.8 Å². The Hall–Kier alpha value is -1.80. The summed E-state index contributed by atoms with van der Waals surface area (Å²) in [7, 11) is 0. The number of benzene rings is 2. The number of hydroxylamine groups is 1. The monoisotopic (exact) mass is 291 g/mol. The molecular weight excluding hydrogens is 270 g/mol. The summed E-state index contributed by atoms with van der Waals surface area (Å²) in [4.78, 5) is 6.51. The van der Waals surface area contributed by atoms with E-state index in [0.717, 1.165) is 11.8 Å². The van der Waals surface area contributed by atoms with Crippen LogP contribution >= 0.6 is 0 Å². The third kappa shape index (κ3) is 1.77. The zero-order chi connectivity index (χ0) is 14.5. The average molecular weight is 291 g/mol. The molecule has 0 aromatic heterocycles. The topological polar surface area (TPSA) is 12.5 Å². The van der Waals surface area contributed by atoms with E-state index in [9.17, 15) is 0 Å². The van der Waals surface area contributed by atoms with Gasteiger partial charge in [-0.05, 0) is 48.8 Å². The van der Waals surface area contributed by atoms with Gasteiger partial charge in [-0.1, -0.05) is 48.5 Å². The summed E-state index contributed by atoms with van der Waals surface area (Å²) in [5.74, 6) is 2.27. The molecule has 5 atom stereocenters. The fourth-order valence-corrected chi connectivity index (χ4v) is 5.03. The highest BCUT2D eigenvalue weighted by Gasteiger charge is 2.58. The molecule has 0 amide bonds. The van der Waals surface area contributed by atoms with Gasteiger partial charge in [-0.15, -0.1) is 0 Å². The van der Waals surface area contributed by atoms with Crippen molar-refractivity contribution in [1.82, 2.24) is 0 Å². The third-order valence-corrected chi connectivity index (χ3v) is 5.91. The fourth-order valence-electron chi connectivity index (χ4n) is 5.03. The van der Waals surface area contributed by atoms with E-state index in [-0.39, 0.29) is 0 Å². The quantitative estimate of drug-likeness (QED) is 0.802. The van der Waals surface area contributed by atoms with Gasteiger partial charge in [-0.3, -0.25) is 4.84 Å². The lowest BCUT2D eigenvalue weighted by atomic mass is 9.79. The molecule has 2 aromatic carbocycles. The Morgan fingerprint density at radius 3 is 2.27 bits per heavy atom. The summed E-state index contributed by atoms with van der Waals surface area (Å²) in [6.45, 7) is 0. The van der Waals surface area contributed by atoms with Crippen LogP contribution in [0.4, 0.5) is 5.69 Å². The highest BCUT2D eigenvalue weighted by atomic mass is 16.7. The van der Waals surface area contributed by atoms with E-state index in [4.69, 9.17) is 4.84 Å². The van der Waals surface area contributed by atoms with Crippen LogP contribution in [0.3, 0.4) is 0 Å². The molecule has 1 saturated heterocycles. The Morgan fingerprint density at radius 2 is 1.50 bits per heavy atom. The Bertz CT molecular complexity index is 656. The molecule has 0 spiro atoms. The predicted octanol–water partition coefficient (Wildman–Crippen LogP) is 4.59. The normalized spacial score (nSPS) is 35.8. The van der Waals surface area contributed by atoms with Crippen molar-refractivity contribution in [2.45, 2.75) is 31.4 Å². The first-order chi connectivity index (χ1) is 10.9. The average Bonchev–Trinajstić information content (AvgIpc) is 3.28. The van der Waals surface area contributed by atoms with Gasteiger partial charge in [0.2, 0.25) is 0 Å². The molecule has 0 radical (unpaired) electrons. The molecular formula is C20H21NO. The number of anilines is 1. The van der Waals surface area contributed by atoms with Crippen LogP contribution in [0, 0.1) is 17.8 Å². The summed E-state index contributed by atoms with van der Waals surface area (Å²) in [6, 6.07) is 21.9. The number of nitrogens with zero attached hydrogens (tertiary/aromatic N) is 1. The first kappa shape index (κ1) is 12.7. The minimum Gasteiger partial charge on any atom is -0.269 e. The Kier molecular flexibility index (Phi) is 2.80. The second-order valence-electron chi connectivity index (χ2n) is 7.00. The first-order valence-electron chi connectivity index (χ1n) is 8.48. The molecule has 3 aliphatic rings. The molecule has 22 heavy (non-hydrogen) atoms. The van der Waals surface area contributed by atoms with Crippen molar-refractivity contribution < 1.29 is 4.84 Å². The van der Waals surface area contributed by atoms with Crippen molar-refractivity contribution in [3.63, 3.8) is 0 Å². The molecule has 2 bridgehead atoms. The Morgan fingerprint density at radius 1 is 0.818 bits per heavy atom. The van der Waals surface area contributed by atoms with Gasteiger partial charge in [0.15, 0.2) is 0 Å². The van der Waals surface area contributed by atoms with Crippen LogP contribution in [0.1, 0.15) is 30.9 Å². The molecule has 112 valence electrons. The molecule has 5 rings (SSSR count). The van der Waals surface area contributed by atoms with Crippen molar-refractivity contribution in [2.75, 3.05) is 5.06 Å². The largest absolute Gasteiger partial charge is 0.269 e. The van der Waals surface area contributed by atoms with Crippen LogP contribution in [0.25, 0.3) is 0 Å². The number of para-hydroxylation sites is 1. The van der Waals surface area contributed by atoms with E-state index in [1.165, 1.54) is 30.5 Å².